The van der Waals surface area contributed by atoms with E-state index in [2.05, 4.69) is 12.2 Å². The van der Waals surface area contributed by atoms with E-state index in [0.717, 1.165) is 12.8 Å². The van der Waals surface area contributed by atoms with Crippen LogP contribution in [0.15, 0.2) is 16.7 Å². The third-order valence-electron chi connectivity index (χ3n) is 3.87. The molecule has 2 atom stereocenters. The minimum Gasteiger partial charge on any atom is -0.469 e. The average Bonchev–Trinajstić information content (AvgIpc) is 2.96. The van der Waals surface area contributed by atoms with Gasteiger partial charge in [-0.2, -0.15) is 0 Å². The van der Waals surface area contributed by atoms with Crippen molar-refractivity contribution in [3.63, 3.8) is 0 Å². The number of rotatable bonds is 4. The largest absolute Gasteiger partial charge is 0.469 e. The molecular formula is C15H22N2O3. The third kappa shape index (κ3) is 3.03. The highest BCUT2D eigenvalue weighted by Crippen LogP contribution is 2.24. The third-order valence-corrected chi connectivity index (χ3v) is 3.87. The molecule has 0 radical (unpaired) electrons. The normalized spacial score (nSPS) is 22.1. The lowest BCUT2D eigenvalue weighted by Gasteiger charge is -2.17. The Hall–Kier alpha value is -1.78. The Labute approximate surface area is 119 Å². The number of amides is 2. The van der Waals surface area contributed by atoms with Crippen LogP contribution in [0, 0.1) is 12.8 Å². The first-order valence-corrected chi connectivity index (χ1v) is 7.13. The van der Waals surface area contributed by atoms with Gasteiger partial charge in [-0.1, -0.05) is 13.3 Å². The van der Waals surface area contributed by atoms with Crippen LogP contribution in [0.3, 0.4) is 0 Å². The number of furan rings is 1. The summed E-state index contributed by atoms with van der Waals surface area (Å²) in [5, 5.41) is 2.97. The summed E-state index contributed by atoms with van der Waals surface area (Å²) in [6.07, 6.45) is 3.60. The van der Waals surface area contributed by atoms with Crippen LogP contribution in [0.2, 0.25) is 0 Å². The van der Waals surface area contributed by atoms with Crippen molar-refractivity contribution in [1.82, 2.24) is 10.2 Å². The molecule has 2 unspecified atom stereocenters. The molecule has 1 saturated heterocycles. The van der Waals surface area contributed by atoms with Crippen LogP contribution in [-0.2, 0) is 4.79 Å². The zero-order chi connectivity index (χ0) is 14.7. The monoisotopic (exact) mass is 278 g/mol. The highest BCUT2D eigenvalue weighted by atomic mass is 16.3. The van der Waals surface area contributed by atoms with Crippen LogP contribution in [0.1, 0.15) is 42.8 Å². The van der Waals surface area contributed by atoms with E-state index in [1.807, 2.05) is 4.90 Å². The molecule has 110 valence electrons. The van der Waals surface area contributed by atoms with Gasteiger partial charge in [-0.15, -0.1) is 0 Å². The first-order valence-electron chi connectivity index (χ1n) is 7.13. The fraction of sp³-hybridized carbons (Fsp3) is 0.600. The lowest BCUT2D eigenvalue weighted by atomic mass is 9.98. The molecule has 1 aromatic rings. The Morgan fingerprint density at radius 3 is 2.75 bits per heavy atom. The van der Waals surface area contributed by atoms with E-state index >= 15 is 0 Å². The minimum absolute atomic E-state index is 0.00907. The lowest BCUT2D eigenvalue weighted by Crippen LogP contribution is -2.39. The SMILES string of the molecule is CCCC1CN(C(=O)c2ccoc2C)CC1NC(C)=O. The van der Waals surface area contributed by atoms with Gasteiger partial charge >= 0.3 is 0 Å². The Morgan fingerprint density at radius 2 is 2.20 bits per heavy atom. The van der Waals surface area contributed by atoms with Gasteiger partial charge in [-0.3, -0.25) is 9.59 Å². The molecular weight excluding hydrogens is 256 g/mol. The van der Waals surface area contributed by atoms with Crippen molar-refractivity contribution in [3.8, 4) is 0 Å². The van der Waals surface area contributed by atoms with E-state index in [4.69, 9.17) is 4.42 Å². The van der Waals surface area contributed by atoms with Gasteiger partial charge < -0.3 is 14.6 Å². The van der Waals surface area contributed by atoms with Gasteiger partial charge in [0.2, 0.25) is 5.91 Å². The van der Waals surface area contributed by atoms with Crippen molar-refractivity contribution in [1.29, 1.82) is 0 Å². The summed E-state index contributed by atoms with van der Waals surface area (Å²) in [6, 6.07) is 1.77. The van der Waals surface area contributed by atoms with E-state index in [0.29, 0.717) is 30.3 Å². The number of aryl methyl sites for hydroxylation is 1. The number of hydrogen-bond donors (Lipinski definition) is 1. The van der Waals surface area contributed by atoms with E-state index in [1.165, 1.54) is 13.2 Å². The molecule has 0 spiro atoms. The molecule has 5 heteroatoms. The highest BCUT2D eigenvalue weighted by molar-refractivity contribution is 5.95. The maximum absolute atomic E-state index is 12.5. The van der Waals surface area contributed by atoms with Crippen molar-refractivity contribution in [2.24, 2.45) is 5.92 Å². The van der Waals surface area contributed by atoms with E-state index in [1.54, 1.807) is 13.0 Å². The van der Waals surface area contributed by atoms with Crippen LogP contribution in [-0.4, -0.2) is 35.8 Å². The number of carbonyl (C=O) groups is 2. The van der Waals surface area contributed by atoms with Crippen LogP contribution >= 0.6 is 0 Å². The predicted molar refractivity (Wildman–Crippen MR) is 75.4 cm³/mol. The molecule has 1 N–H and O–H groups in total. The maximum atomic E-state index is 12.5. The summed E-state index contributed by atoms with van der Waals surface area (Å²) in [5.41, 5.74) is 0.615. The van der Waals surface area contributed by atoms with Gasteiger partial charge in [0.15, 0.2) is 0 Å². The second kappa shape index (κ2) is 6.11. The average molecular weight is 278 g/mol. The summed E-state index contributed by atoms with van der Waals surface area (Å²) in [4.78, 5) is 25.6. The van der Waals surface area contributed by atoms with Gasteiger partial charge in [0, 0.05) is 20.0 Å². The van der Waals surface area contributed by atoms with Crippen molar-refractivity contribution in [2.45, 2.75) is 39.7 Å². The summed E-state index contributed by atoms with van der Waals surface area (Å²) in [6.45, 7) is 6.71. The smallest absolute Gasteiger partial charge is 0.257 e. The van der Waals surface area contributed by atoms with Crippen LogP contribution in [0.5, 0.6) is 0 Å². The zero-order valence-electron chi connectivity index (χ0n) is 12.3. The molecule has 2 heterocycles. The summed E-state index contributed by atoms with van der Waals surface area (Å²) < 4.78 is 5.19. The number of likely N-dealkylation sites (tertiary alicyclic amines) is 1. The van der Waals surface area contributed by atoms with Crippen molar-refractivity contribution >= 4 is 11.8 Å². The van der Waals surface area contributed by atoms with Crippen LogP contribution in [0.4, 0.5) is 0 Å². The van der Waals surface area contributed by atoms with Crippen molar-refractivity contribution < 1.29 is 14.0 Å². The molecule has 5 nitrogen and oxygen atoms in total. The van der Waals surface area contributed by atoms with Crippen molar-refractivity contribution in [3.05, 3.63) is 23.7 Å². The highest BCUT2D eigenvalue weighted by Gasteiger charge is 2.36. The molecule has 0 saturated carbocycles. The molecule has 0 aliphatic carbocycles. The number of nitrogens with one attached hydrogen (secondary N) is 1. The fourth-order valence-electron chi connectivity index (χ4n) is 2.90. The van der Waals surface area contributed by atoms with Crippen molar-refractivity contribution in [2.75, 3.05) is 13.1 Å². The molecule has 0 bridgehead atoms. The number of nitrogens with zero attached hydrogens (tertiary/aromatic N) is 1. The van der Waals surface area contributed by atoms with E-state index < -0.39 is 0 Å². The van der Waals surface area contributed by atoms with Gasteiger partial charge in [0.25, 0.3) is 5.91 Å². The van der Waals surface area contributed by atoms with Gasteiger partial charge in [0.05, 0.1) is 17.9 Å². The second-order valence-corrected chi connectivity index (χ2v) is 5.46. The summed E-state index contributed by atoms with van der Waals surface area (Å²) in [7, 11) is 0. The molecule has 2 amide bonds. The first-order chi connectivity index (χ1) is 9.52. The molecule has 2 rings (SSSR count). The Balaban J connectivity index is 2.09. The summed E-state index contributed by atoms with van der Waals surface area (Å²) in [5.74, 6) is 0.931. The predicted octanol–water partition coefficient (Wildman–Crippen LogP) is 1.96. The van der Waals surface area contributed by atoms with Gasteiger partial charge in [-0.05, 0) is 25.3 Å². The minimum atomic E-state index is -0.0371. The Morgan fingerprint density at radius 1 is 1.45 bits per heavy atom. The van der Waals surface area contributed by atoms with Gasteiger partial charge in [-0.25, -0.2) is 0 Å². The zero-order valence-corrected chi connectivity index (χ0v) is 12.3. The Bertz CT molecular complexity index is 495. The lowest BCUT2D eigenvalue weighted by molar-refractivity contribution is -0.119. The molecule has 1 aliphatic rings. The van der Waals surface area contributed by atoms with E-state index in [9.17, 15) is 9.59 Å². The van der Waals surface area contributed by atoms with Crippen LogP contribution in [0.25, 0.3) is 0 Å². The second-order valence-electron chi connectivity index (χ2n) is 5.46. The summed E-state index contributed by atoms with van der Waals surface area (Å²) >= 11 is 0. The number of carbonyl (C=O) groups excluding carboxylic acids is 2. The maximum Gasteiger partial charge on any atom is 0.257 e. The van der Waals surface area contributed by atoms with E-state index in [-0.39, 0.29) is 17.9 Å². The topological polar surface area (TPSA) is 62.6 Å². The molecule has 1 aromatic heterocycles. The quantitative estimate of drug-likeness (QED) is 0.915. The molecule has 20 heavy (non-hydrogen) atoms. The molecule has 0 aromatic carbocycles. The van der Waals surface area contributed by atoms with Gasteiger partial charge in [0.1, 0.15) is 5.76 Å². The first kappa shape index (κ1) is 14.6. The Kier molecular flexibility index (Phi) is 4.47. The van der Waals surface area contributed by atoms with Crippen LogP contribution < -0.4 is 5.32 Å². The molecule has 1 aliphatic heterocycles. The number of hydrogen-bond acceptors (Lipinski definition) is 3. The molecule has 1 fully saturated rings. The standard InChI is InChI=1S/C15H22N2O3/c1-4-5-12-8-17(9-14(12)16-11(3)18)15(19)13-6-7-20-10(13)2/h6-7,12,14H,4-5,8-9H2,1-3H3,(H,16,18). The fourth-order valence-corrected chi connectivity index (χ4v) is 2.90.